The molecule has 1 unspecified atom stereocenters. The summed E-state index contributed by atoms with van der Waals surface area (Å²) in [5, 5.41) is 24.5. The van der Waals surface area contributed by atoms with Gasteiger partial charge >= 0.3 is 5.97 Å². The largest absolute Gasteiger partial charge is 0.480 e. The van der Waals surface area contributed by atoms with Gasteiger partial charge in [0.05, 0.1) is 6.04 Å². The van der Waals surface area contributed by atoms with Crippen LogP contribution in [0.5, 0.6) is 0 Å². The molecule has 2 N–H and O–H groups in total. The van der Waals surface area contributed by atoms with E-state index in [1.54, 1.807) is 4.68 Å². The molecule has 0 amide bonds. The van der Waals surface area contributed by atoms with Gasteiger partial charge in [0.15, 0.2) is 0 Å². The number of carboxylic acids is 1. The predicted molar refractivity (Wildman–Crippen MR) is 64.4 cm³/mol. The maximum absolute atomic E-state index is 11.1. The average molecular weight is 269 g/mol. The van der Waals surface area contributed by atoms with Gasteiger partial charge in [0.25, 0.3) is 0 Å². The smallest absolute Gasteiger partial charge is 0.321 e. The lowest BCUT2D eigenvalue weighted by Gasteiger charge is -2.12. The maximum atomic E-state index is 11.1. The second kappa shape index (κ2) is 4.85. The zero-order chi connectivity index (χ0) is 12.5. The van der Waals surface area contributed by atoms with E-state index in [4.69, 9.17) is 5.11 Å². The van der Waals surface area contributed by atoms with Crippen LogP contribution < -0.4 is 5.32 Å². The van der Waals surface area contributed by atoms with Crippen LogP contribution in [0.15, 0.2) is 5.16 Å². The minimum Gasteiger partial charge on any atom is -0.480 e. The Hall–Kier alpha value is -1.15. The molecule has 0 aromatic carbocycles. The fourth-order valence-corrected chi connectivity index (χ4v) is 2.68. The van der Waals surface area contributed by atoms with Crippen molar-refractivity contribution in [2.24, 2.45) is 0 Å². The van der Waals surface area contributed by atoms with E-state index < -0.39 is 12.0 Å². The summed E-state index contributed by atoms with van der Waals surface area (Å²) in [6, 6.07) is 0.278. The molecule has 0 bridgehead atoms. The van der Waals surface area contributed by atoms with E-state index in [1.807, 2.05) is 0 Å². The van der Waals surface area contributed by atoms with Gasteiger partial charge in [0.2, 0.25) is 5.16 Å². The quantitative estimate of drug-likeness (QED) is 0.688. The normalized spacial score (nSPS) is 20.9. The van der Waals surface area contributed by atoms with E-state index in [-0.39, 0.29) is 0 Å². The van der Waals surface area contributed by atoms with E-state index in [1.165, 1.54) is 11.8 Å². The van der Waals surface area contributed by atoms with Crippen molar-refractivity contribution in [1.82, 2.24) is 25.5 Å². The lowest BCUT2D eigenvalue weighted by molar-refractivity contribution is -0.138. The van der Waals surface area contributed by atoms with Gasteiger partial charge in [-0.15, -0.1) is 5.10 Å². The summed E-state index contributed by atoms with van der Waals surface area (Å²) in [5.74, 6) is -0.348. The first-order valence-corrected chi connectivity index (χ1v) is 7.12. The van der Waals surface area contributed by atoms with Crippen LogP contribution in [0.4, 0.5) is 0 Å². The molecule has 2 fully saturated rings. The lowest BCUT2D eigenvalue weighted by atomic mass is 10.3. The average Bonchev–Trinajstić information content (AvgIpc) is 3.25. The standard InChI is InChI=1S/C10H15N5O2S/c16-9(17)8(11-6-1-2-6)5-18-10-12-13-14-15(10)7-3-4-7/h6-8,11H,1-5H2,(H,16,17). The minimum absolute atomic E-state index is 0.381. The molecule has 2 aliphatic carbocycles. The van der Waals surface area contributed by atoms with Gasteiger partial charge in [0, 0.05) is 11.8 Å². The van der Waals surface area contributed by atoms with Crippen molar-refractivity contribution >= 4 is 17.7 Å². The monoisotopic (exact) mass is 269 g/mol. The molecule has 2 saturated carbocycles. The molecule has 1 atom stereocenters. The highest BCUT2D eigenvalue weighted by Gasteiger charge is 2.31. The Morgan fingerprint density at radius 2 is 2.28 bits per heavy atom. The first kappa shape index (κ1) is 11.9. The van der Waals surface area contributed by atoms with E-state index in [0.29, 0.717) is 17.8 Å². The van der Waals surface area contributed by atoms with Crippen molar-refractivity contribution in [3.05, 3.63) is 0 Å². The summed E-state index contributed by atoms with van der Waals surface area (Å²) >= 11 is 1.41. The molecular weight excluding hydrogens is 254 g/mol. The molecule has 18 heavy (non-hydrogen) atoms. The molecule has 8 heteroatoms. The third-order valence-corrected chi connectivity index (χ3v) is 4.07. The SMILES string of the molecule is O=C(O)C(CSc1nnnn1C1CC1)NC1CC1. The van der Waals surface area contributed by atoms with Gasteiger partial charge in [-0.05, 0) is 36.1 Å². The maximum Gasteiger partial charge on any atom is 0.321 e. The highest BCUT2D eigenvalue weighted by Crippen LogP contribution is 2.36. The van der Waals surface area contributed by atoms with Crippen LogP contribution in [0.1, 0.15) is 31.7 Å². The fraction of sp³-hybridized carbons (Fsp3) is 0.800. The van der Waals surface area contributed by atoms with E-state index in [9.17, 15) is 4.79 Å². The van der Waals surface area contributed by atoms with E-state index >= 15 is 0 Å². The highest BCUT2D eigenvalue weighted by molar-refractivity contribution is 7.99. The topological polar surface area (TPSA) is 92.9 Å². The molecule has 1 aromatic rings. The number of rotatable bonds is 7. The van der Waals surface area contributed by atoms with E-state index in [0.717, 1.165) is 30.8 Å². The van der Waals surface area contributed by atoms with Crippen molar-refractivity contribution in [2.75, 3.05) is 5.75 Å². The lowest BCUT2D eigenvalue weighted by Crippen LogP contribution is -2.40. The molecule has 1 aromatic heterocycles. The Morgan fingerprint density at radius 3 is 2.89 bits per heavy atom. The first-order chi connectivity index (χ1) is 8.74. The Labute approximate surface area is 108 Å². The number of carboxylic acid groups (broad SMARTS) is 1. The summed E-state index contributed by atoms with van der Waals surface area (Å²) in [7, 11) is 0. The zero-order valence-electron chi connectivity index (χ0n) is 9.82. The number of hydrogen-bond acceptors (Lipinski definition) is 6. The molecule has 7 nitrogen and oxygen atoms in total. The Bertz CT molecular complexity index is 443. The van der Waals surface area contributed by atoms with Crippen LogP contribution in [-0.4, -0.2) is 49.1 Å². The van der Waals surface area contributed by atoms with Crippen molar-refractivity contribution in [1.29, 1.82) is 0 Å². The summed E-state index contributed by atoms with van der Waals surface area (Å²) in [6.45, 7) is 0. The van der Waals surface area contributed by atoms with Crippen LogP contribution in [0.2, 0.25) is 0 Å². The minimum atomic E-state index is -0.806. The van der Waals surface area contributed by atoms with Crippen molar-refractivity contribution in [3.8, 4) is 0 Å². The molecule has 1 heterocycles. The predicted octanol–water partition coefficient (Wildman–Crippen LogP) is 0.305. The molecule has 0 saturated heterocycles. The Balaban J connectivity index is 1.57. The summed E-state index contributed by atoms with van der Waals surface area (Å²) in [4.78, 5) is 11.1. The number of nitrogens with one attached hydrogen (secondary N) is 1. The molecule has 0 aliphatic heterocycles. The number of tetrazole rings is 1. The summed E-state index contributed by atoms with van der Waals surface area (Å²) in [6.07, 6.45) is 4.38. The van der Waals surface area contributed by atoms with Crippen LogP contribution in [0.25, 0.3) is 0 Å². The third-order valence-electron chi connectivity index (χ3n) is 3.05. The zero-order valence-corrected chi connectivity index (χ0v) is 10.6. The number of nitrogens with zero attached hydrogens (tertiary/aromatic N) is 4. The first-order valence-electron chi connectivity index (χ1n) is 6.13. The van der Waals surface area contributed by atoms with Crippen LogP contribution in [0, 0.1) is 0 Å². The van der Waals surface area contributed by atoms with Crippen molar-refractivity contribution in [3.63, 3.8) is 0 Å². The number of aromatic nitrogens is 4. The summed E-state index contributed by atoms with van der Waals surface area (Å²) < 4.78 is 1.81. The Kier molecular flexibility index (Phi) is 3.21. The van der Waals surface area contributed by atoms with Crippen LogP contribution in [-0.2, 0) is 4.79 Å². The van der Waals surface area contributed by atoms with Crippen LogP contribution in [0.3, 0.4) is 0 Å². The van der Waals surface area contributed by atoms with Gasteiger partial charge in [-0.1, -0.05) is 11.8 Å². The second-order valence-electron chi connectivity index (χ2n) is 4.78. The van der Waals surface area contributed by atoms with Gasteiger partial charge < -0.3 is 10.4 Å². The Morgan fingerprint density at radius 1 is 1.50 bits per heavy atom. The second-order valence-corrected chi connectivity index (χ2v) is 5.77. The van der Waals surface area contributed by atoms with Gasteiger partial charge in [-0.3, -0.25) is 4.79 Å². The number of aliphatic carboxylic acids is 1. The number of carbonyl (C=O) groups is 1. The highest BCUT2D eigenvalue weighted by atomic mass is 32.2. The molecular formula is C10H15N5O2S. The summed E-state index contributed by atoms with van der Waals surface area (Å²) in [5.41, 5.74) is 0. The van der Waals surface area contributed by atoms with Crippen molar-refractivity contribution < 1.29 is 9.90 Å². The number of hydrogen-bond donors (Lipinski definition) is 2. The molecule has 0 spiro atoms. The van der Waals surface area contributed by atoms with Gasteiger partial charge in [0.1, 0.15) is 6.04 Å². The van der Waals surface area contributed by atoms with E-state index in [2.05, 4.69) is 20.8 Å². The molecule has 0 radical (unpaired) electrons. The molecule has 98 valence electrons. The van der Waals surface area contributed by atoms with Gasteiger partial charge in [-0.25, -0.2) is 4.68 Å². The third kappa shape index (κ3) is 2.81. The van der Waals surface area contributed by atoms with Crippen LogP contribution >= 0.6 is 11.8 Å². The molecule has 2 aliphatic rings. The fourth-order valence-electron chi connectivity index (χ4n) is 1.71. The van der Waals surface area contributed by atoms with Gasteiger partial charge in [-0.2, -0.15) is 0 Å². The number of thioether (sulfide) groups is 1. The van der Waals surface area contributed by atoms with Crippen molar-refractivity contribution in [2.45, 2.75) is 49.0 Å². The molecule has 3 rings (SSSR count).